The molecular formula is C21H23F2NO4. The number of benzene rings is 2. The van der Waals surface area contributed by atoms with E-state index < -0.39 is 12.5 Å². The highest BCUT2D eigenvalue weighted by Crippen LogP contribution is 2.26. The predicted molar refractivity (Wildman–Crippen MR) is 102 cm³/mol. The first-order valence-electron chi connectivity index (χ1n) is 8.81. The molecule has 1 amide bonds. The molecule has 5 nitrogen and oxygen atoms in total. The molecule has 2 rings (SSSR count). The van der Waals surface area contributed by atoms with Crippen molar-refractivity contribution in [2.45, 2.75) is 26.4 Å². The van der Waals surface area contributed by atoms with E-state index in [1.165, 1.54) is 13.2 Å². The SMILES string of the molecule is CCc1ccc(/C(=C\OC(F)F)C(=O)NCCc2ccc(O)c(OC)c2)cc1. The number of alkyl halides is 2. The number of aryl methyl sites for hydroxylation is 1. The molecular weight excluding hydrogens is 368 g/mol. The van der Waals surface area contributed by atoms with E-state index in [1.54, 1.807) is 24.3 Å². The van der Waals surface area contributed by atoms with Crippen molar-refractivity contribution in [3.05, 3.63) is 65.4 Å². The minimum atomic E-state index is -3.01. The summed E-state index contributed by atoms with van der Waals surface area (Å²) in [4.78, 5) is 12.5. The zero-order chi connectivity index (χ0) is 20.5. The van der Waals surface area contributed by atoms with Gasteiger partial charge in [0.05, 0.1) is 12.7 Å². The highest BCUT2D eigenvalue weighted by molar-refractivity contribution is 6.19. The lowest BCUT2D eigenvalue weighted by molar-refractivity contribution is -0.116. The van der Waals surface area contributed by atoms with E-state index in [0.717, 1.165) is 23.8 Å². The van der Waals surface area contributed by atoms with Gasteiger partial charge < -0.3 is 19.9 Å². The summed E-state index contributed by atoms with van der Waals surface area (Å²) < 4.78 is 34.2. The van der Waals surface area contributed by atoms with Gasteiger partial charge >= 0.3 is 6.61 Å². The summed E-state index contributed by atoms with van der Waals surface area (Å²) in [5, 5.41) is 12.3. The first-order valence-corrected chi connectivity index (χ1v) is 8.81. The van der Waals surface area contributed by atoms with Gasteiger partial charge in [-0.15, -0.1) is 0 Å². The van der Waals surface area contributed by atoms with E-state index in [2.05, 4.69) is 10.1 Å². The molecule has 0 atom stereocenters. The number of amides is 1. The minimum Gasteiger partial charge on any atom is -0.504 e. The van der Waals surface area contributed by atoms with Crippen molar-refractivity contribution in [3.8, 4) is 11.5 Å². The van der Waals surface area contributed by atoms with Gasteiger partial charge in [-0.2, -0.15) is 8.78 Å². The monoisotopic (exact) mass is 391 g/mol. The van der Waals surface area contributed by atoms with Crippen molar-refractivity contribution in [2.75, 3.05) is 13.7 Å². The Hall–Kier alpha value is -3.09. The van der Waals surface area contributed by atoms with Crippen molar-refractivity contribution in [1.82, 2.24) is 5.32 Å². The zero-order valence-electron chi connectivity index (χ0n) is 15.7. The van der Waals surface area contributed by atoms with Gasteiger partial charge in [-0.3, -0.25) is 4.79 Å². The first-order chi connectivity index (χ1) is 13.4. The molecule has 0 saturated heterocycles. The minimum absolute atomic E-state index is 0.0197. The molecule has 0 spiro atoms. The quantitative estimate of drug-likeness (QED) is 0.503. The molecule has 0 fully saturated rings. The number of carbonyl (C=O) groups excluding carboxylic acids is 1. The number of methoxy groups -OCH3 is 1. The number of hydrogen-bond acceptors (Lipinski definition) is 4. The lowest BCUT2D eigenvalue weighted by Gasteiger charge is -2.11. The van der Waals surface area contributed by atoms with E-state index in [1.807, 2.05) is 19.1 Å². The van der Waals surface area contributed by atoms with Crippen molar-refractivity contribution in [2.24, 2.45) is 0 Å². The molecule has 0 aliphatic rings. The third-order valence-corrected chi connectivity index (χ3v) is 4.15. The van der Waals surface area contributed by atoms with Gasteiger partial charge in [0.15, 0.2) is 11.5 Å². The van der Waals surface area contributed by atoms with Gasteiger partial charge in [0, 0.05) is 6.54 Å². The Morgan fingerprint density at radius 2 is 1.86 bits per heavy atom. The summed E-state index contributed by atoms with van der Waals surface area (Å²) in [6, 6.07) is 12.0. The van der Waals surface area contributed by atoms with Crippen LogP contribution in [0.3, 0.4) is 0 Å². The van der Waals surface area contributed by atoms with Crippen molar-refractivity contribution < 1.29 is 28.2 Å². The van der Waals surface area contributed by atoms with E-state index in [4.69, 9.17) is 4.74 Å². The van der Waals surface area contributed by atoms with E-state index in [9.17, 15) is 18.7 Å². The predicted octanol–water partition coefficient (Wildman–Crippen LogP) is 3.90. The third-order valence-electron chi connectivity index (χ3n) is 4.15. The second-order valence-electron chi connectivity index (χ2n) is 5.99. The van der Waals surface area contributed by atoms with Gasteiger partial charge in [-0.05, 0) is 41.7 Å². The lowest BCUT2D eigenvalue weighted by atomic mass is 10.0. The van der Waals surface area contributed by atoms with Gasteiger partial charge in [0.1, 0.15) is 6.26 Å². The second-order valence-corrected chi connectivity index (χ2v) is 5.99. The van der Waals surface area contributed by atoms with Gasteiger partial charge in [-0.1, -0.05) is 37.3 Å². The molecule has 2 aromatic carbocycles. The summed E-state index contributed by atoms with van der Waals surface area (Å²) in [6.07, 6.45) is 2.08. The van der Waals surface area contributed by atoms with Crippen LogP contribution in [0.1, 0.15) is 23.6 Å². The van der Waals surface area contributed by atoms with Crippen LogP contribution in [0.25, 0.3) is 5.57 Å². The molecule has 0 unspecified atom stereocenters. The molecule has 0 bridgehead atoms. The van der Waals surface area contributed by atoms with Crippen LogP contribution in [0.15, 0.2) is 48.7 Å². The number of nitrogens with one attached hydrogen (secondary N) is 1. The maximum atomic E-state index is 12.5. The van der Waals surface area contributed by atoms with Crippen LogP contribution in [-0.4, -0.2) is 31.3 Å². The molecule has 0 aromatic heterocycles. The first kappa shape index (κ1) is 21.2. The van der Waals surface area contributed by atoms with Crippen molar-refractivity contribution >= 4 is 11.5 Å². The summed E-state index contributed by atoms with van der Waals surface area (Å²) in [6.45, 7) is -0.745. The number of ether oxygens (including phenoxy) is 2. The normalized spacial score (nSPS) is 11.4. The Bertz CT molecular complexity index is 820. The van der Waals surface area contributed by atoms with Crippen LogP contribution in [0.4, 0.5) is 8.78 Å². The molecule has 0 aliphatic carbocycles. The number of phenolic OH excluding ortho intramolecular Hbond substituents is 1. The summed E-state index contributed by atoms with van der Waals surface area (Å²) >= 11 is 0. The molecule has 7 heteroatoms. The maximum absolute atomic E-state index is 12.5. The molecule has 150 valence electrons. The third kappa shape index (κ3) is 5.97. The van der Waals surface area contributed by atoms with Crippen molar-refractivity contribution in [3.63, 3.8) is 0 Å². The van der Waals surface area contributed by atoms with Crippen molar-refractivity contribution in [1.29, 1.82) is 0 Å². The largest absolute Gasteiger partial charge is 0.504 e. The summed E-state index contributed by atoms with van der Waals surface area (Å²) in [7, 11) is 1.45. The fourth-order valence-corrected chi connectivity index (χ4v) is 2.59. The molecule has 2 N–H and O–H groups in total. The van der Waals surface area contributed by atoms with E-state index in [0.29, 0.717) is 17.7 Å². The number of carbonyl (C=O) groups is 1. The molecule has 0 heterocycles. The number of rotatable bonds is 9. The number of phenols is 1. The van der Waals surface area contributed by atoms with E-state index in [-0.39, 0.29) is 17.9 Å². The van der Waals surface area contributed by atoms with Crippen LogP contribution in [0.2, 0.25) is 0 Å². The van der Waals surface area contributed by atoms with Gasteiger partial charge in [0.25, 0.3) is 5.91 Å². The van der Waals surface area contributed by atoms with Crippen LogP contribution in [0.5, 0.6) is 11.5 Å². The Labute approximate surface area is 162 Å². The topological polar surface area (TPSA) is 67.8 Å². The molecule has 28 heavy (non-hydrogen) atoms. The lowest BCUT2D eigenvalue weighted by Crippen LogP contribution is -2.27. The Morgan fingerprint density at radius 1 is 1.18 bits per heavy atom. The Kier molecular flexibility index (Phi) is 7.80. The fraction of sp³-hybridized carbons (Fsp3) is 0.286. The fourth-order valence-electron chi connectivity index (χ4n) is 2.59. The smallest absolute Gasteiger partial charge is 0.386 e. The van der Waals surface area contributed by atoms with Crippen LogP contribution >= 0.6 is 0 Å². The van der Waals surface area contributed by atoms with Crippen LogP contribution in [0, 0.1) is 0 Å². The molecule has 0 aliphatic heterocycles. The van der Waals surface area contributed by atoms with Crippen LogP contribution < -0.4 is 10.1 Å². The summed E-state index contributed by atoms with van der Waals surface area (Å²) in [5.41, 5.74) is 2.42. The second kappa shape index (κ2) is 10.3. The standard InChI is InChI=1S/C21H23F2NO4/c1-3-14-4-7-16(8-5-14)17(13-28-21(22)23)20(26)24-11-10-15-6-9-18(25)19(12-15)27-2/h4-9,12-13,21,25H,3,10-11H2,1-2H3,(H,24,26)/b17-13+. The highest BCUT2D eigenvalue weighted by Gasteiger charge is 2.14. The average molecular weight is 391 g/mol. The number of aromatic hydroxyl groups is 1. The Balaban J connectivity index is 2.06. The zero-order valence-corrected chi connectivity index (χ0v) is 15.7. The Morgan fingerprint density at radius 3 is 2.46 bits per heavy atom. The molecule has 0 saturated carbocycles. The maximum Gasteiger partial charge on any atom is 0.386 e. The number of halogens is 2. The van der Waals surface area contributed by atoms with E-state index >= 15 is 0 Å². The average Bonchev–Trinajstić information content (AvgIpc) is 2.69. The van der Waals surface area contributed by atoms with Crippen LogP contribution in [-0.2, 0) is 22.4 Å². The molecule has 0 radical (unpaired) electrons. The molecule has 2 aromatic rings. The highest BCUT2D eigenvalue weighted by atomic mass is 19.3. The van der Waals surface area contributed by atoms with Gasteiger partial charge in [0.2, 0.25) is 0 Å². The van der Waals surface area contributed by atoms with Gasteiger partial charge in [-0.25, -0.2) is 0 Å². The summed E-state index contributed by atoms with van der Waals surface area (Å²) in [5.74, 6) is -0.151. The number of hydrogen-bond donors (Lipinski definition) is 2.